The molecule has 1 aliphatic rings. The molecule has 0 saturated carbocycles. The van der Waals surface area contributed by atoms with Crippen LogP contribution < -0.4 is 10.1 Å². The molecule has 0 spiro atoms. The number of anilines is 1. The van der Waals surface area contributed by atoms with Gasteiger partial charge in [-0.1, -0.05) is 12.1 Å². The van der Waals surface area contributed by atoms with Gasteiger partial charge in [0.2, 0.25) is 5.91 Å². The van der Waals surface area contributed by atoms with Gasteiger partial charge in [0.25, 0.3) is 12.3 Å². The summed E-state index contributed by atoms with van der Waals surface area (Å²) in [5.41, 5.74) is 0.920. The van der Waals surface area contributed by atoms with Crippen LogP contribution >= 0.6 is 0 Å². The number of nitrogens with one attached hydrogen (secondary N) is 1. The zero-order valence-corrected chi connectivity index (χ0v) is 24.7. The van der Waals surface area contributed by atoms with Gasteiger partial charge in [-0.2, -0.15) is 10.2 Å². The van der Waals surface area contributed by atoms with Gasteiger partial charge in [-0.15, -0.1) is 0 Å². The van der Waals surface area contributed by atoms with E-state index in [0.717, 1.165) is 4.52 Å². The molecule has 1 saturated heterocycles. The molecule has 4 heterocycles. The summed E-state index contributed by atoms with van der Waals surface area (Å²) in [4.78, 5) is 46.3. The van der Waals surface area contributed by atoms with Gasteiger partial charge in [0, 0.05) is 37.9 Å². The molecule has 5 rings (SSSR count). The molecule has 0 bridgehead atoms. The average Bonchev–Trinajstić information content (AvgIpc) is 3.63. The van der Waals surface area contributed by atoms with Crippen molar-refractivity contribution in [3.05, 3.63) is 59.7 Å². The summed E-state index contributed by atoms with van der Waals surface area (Å²) in [5, 5.41) is 11.2. The average molecular weight is 611 g/mol. The molecular weight excluding hydrogens is 578 g/mol. The number of hydrogen-bond acceptors (Lipinski definition) is 8. The van der Waals surface area contributed by atoms with Crippen LogP contribution in [0.2, 0.25) is 0 Å². The van der Waals surface area contributed by atoms with Crippen molar-refractivity contribution in [3.63, 3.8) is 0 Å². The van der Waals surface area contributed by atoms with Gasteiger partial charge in [0.15, 0.2) is 5.65 Å². The zero-order chi connectivity index (χ0) is 31.5. The number of nitrogens with zero attached hydrogens (tertiary/aromatic N) is 7. The Morgan fingerprint density at radius 1 is 1.09 bits per heavy atom. The van der Waals surface area contributed by atoms with E-state index < -0.39 is 30.2 Å². The normalized spacial score (nSPS) is 14.2. The molecule has 15 heteroatoms. The minimum Gasteiger partial charge on any atom is -0.496 e. The van der Waals surface area contributed by atoms with Crippen molar-refractivity contribution in [2.24, 2.45) is 0 Å². The first-order valence-corrected chi connectivity index (χ1v) is 14.0. The molecule has 0 radical (unpaired) electrons. The van der Waals surface area contributed by atoms with Crippen LogP contribution in [0.4, 0.5) is 19.3 Å². The standard InChI is InChI=1S/C29H32F2N8O5/c1-5-44-29(42)37-12-10-36(11-13-37)28(41)18(3)38-16-22(17(2)35-38)34-27(40)20-15-32-39-23(25(30)31)14-21(33-26(20)39)19-8-6-7-9-24(19)43-4/h6-9,14-16,18,25H,5,10-13H2,1-4H3,(H,34,40). The molecular formula is C29H32F2N8O5. The smallest absolute Gasteiger partial charge is 0.409 e. The summed E-state index contributed by atoms with van der Waals surface area (Å²) in [7, 11) is 1.46. The Kier molecular flexibility index (Phi) is 8.73. The van der Waals surface area contributed by atoms with Crippen LogP contribution in [-0.4, -0.2) is 92.0 Å². The third kappa shape index (κ3) is 5.89. The summed E-state index contributed by atoms with van der Waals surface area (Å²) in [5.74, 6) is -0.395. The van der Waals surface area contributed by atoms with Crippen LogP contribution in [0.5, 0.6) is 5.75 Å². The number of halogens is 2. The first kappa shape index (κ1) is 30.4. The highest BCUT2D eigenvalue weighted by molar-refractivity contribution is 6.08. The van der Waals surface area contributed by atoms with Gasteiger partial charge in [0.05, 0.1) is 37.0 Å². The Labute approximate surface area is 251 Å². The third-order valence-corrected chi connectivity index (χ3v) is 7.39. The first-order chi connectivity index (χ1) is 21.1. The monoisotopic (exact) mass is 610 g/mol. The number of amides is 3. The Balaban J connectivity index is 1.35. The van der Waals surface area contributed by atoms with Crippen molar-refractivity contribution in [2.75, 3.05) is 45.2 Å². The van der Waals surface area contributed by atoms with E-state index in [4.69, 9.17) is 9.47 Å². The van der Waals surface area contributed by atoms with Crippen molar-refractivity contribution in [2.45, 2.75) is 33.2 Å². The van der Waals surface area contributed by atoms with Gasteiger partial charge in [-0.3, -0.25) is 14.3 Å². The Hall–Kier alpha value is -5.08. The molecule has 1 atom stereocenters. The predicted octanol–water partition coefficient (Wildman–Crippen LogP) is 3.96. The Morgan fingerprint density at radius 2 is 1.80 bits per heavy atom. The molecule has 1 N–H and O–H groups in total. The molecule has 4 aromatic rings. The van der Waals surface area contributed by atoms with Crippen molar-refractivity contribution in [1.82, 2.24) is 34.2 Å². The molecule has 13 nitrogen and oxygen atoms in total. The van der Waals surface area contributed by atoms with Crippen LogP contribution in [0.15, 0.2) is 42.7 Å². The fourth-order valence-electron chi connectivity index (χ4n) is 4.99. The number of ether oxygens (including phenoxy) is 2. The second kappa shape index (κ2) is 12.7. The summed E-state index contributed by atoms with van der Waals surface area (Å²) < 4.78 is 40.9. The maximum atomic E-state index is 14.1. The Morgan fingerprint density at radius 3 is 2.48 bits per heavy atom. The number of carbonyl (C=O) groups is 3. The molecule has 44 heavy (non-hydrogen) atoms. The maximum Gasteiger partial charge on any atom is 0.409 e. The van der Waals surface area contributed by atoms with Gasteiger partial charge in [-0.25, -0.2) is 23.1 Å². The highest BCUT2D eigenvalue weighted by atomic mass is 19.3. The van der Waals surface area contributed by atoms with E-state index in [0.29, 0.717) is 48.9 Å². The van der Waals surface area contributed by atoms with E-state index in [1.807, 2.05) is 0 Å². The number of para-hydroxylation sites is 1. The van der Waals surface area contributed by atoms with E-state index in [1.165, 1.54) is 30.3 Å². The number of benzene rings is 1. The van der Waals surface area contributed by atoms with Crippen LogP contribution in [0.25, 0.3) is 16.9 Å². The van der Waals surface area contributed by atoms with E-state index in [9.17, 15) is 23.2 Å². The molecule has 3 aromatic heterocycles. The van der Waals surface area contributed by atoms with E-state index in [2.05, 4.69) is 20.5 Å². The summed E-state index contributed by atoms with van der Waals surface area (Å²) >= 11 is 0. The van der Waals surface area contributed by atoms with E-state index in [-0.39, 0.29) is 29.4 Å². The van der Waals surface area contributed by atoms with Crippen LogP contribution in [0, 0.1) is 6.92 Å². The fourth-order valence-corrected chi connectivity index (χ4v) is 4.99. The van der Waals surface area contributed by atoms with Crippen LogP contribution in [0.3, 0.4) is 0 Å². The minimum absolute atomic E-state index is 0.0283. The number of fused-ring (bicyclic) bond motifs is 1. The number of alkyl halides is 2. The largest absolute Gasteiger partial charge is 0.496 e. The number of hydrogen-bond donors (Lipinski definition) is 1. The Bertz CT molecular complexity index is 1700. The van der Waals surface area contributed by atoms with E-state index >= 15 is 0 Å². The number of rotatable bonds is 8. The van der Waals surface area contributed by atoms with Crippen molar-refractivity contribution < 1.29 is 32.6 Å². The zero-order valence-electron chi connectivity index (χ0n) is 24.7. The number of aromatic nitrogens is 5. The van der Waals surface area contributed by atoms with Gasteiger partial charge in [0.1, 0.15) is 23.0 Å². The molecule has 1 aromatic carbocycles. The van der Waals surface area contributed by atoms with Gasteiger partial charge < -0.3 is 24.6 Å². The highest BCUT2D eigenvalue weighted by Crippen LogP contribution is 2.32. The predicted molar refractivity (Wildman–Crippen MR) is 155 cm³/mol. The van der Waals surface area contributed by atoms with Crippen LogP contribution in [-0.2, 0) is 9.53 Å². The maximum absolute atomic E-state index is 14.1. The minimum atomic E-state index is -2.89. The summed E-state index contributed by atoms with van der Waals surface area (Å²) in [6.45, 7) is 6.80. The summed E-state index contributed by atoms with van der Waals surface area (Å²) in [6, 6.07) is 7.37. The number of piperazine rings is 1. The lowest BCUT2D eigenvalue weighted by molar-refractivity contribution is -0.136. The van der Waals surface area contributed by atoms with Crippen molar-refractivity contribution in [3.8, 4) is 17.0 Å². The first-order valence-electron chi connectivity index (χ1n) is 14.0. The fraction of sp³-hybridized carbons (Fsp3) is 0.379. The van der Waals surface area contributed by atoms with E-state index in [1.54, 1.807) is 54.8 Å². The van der Waals surface area contributed by atoms with Crippen molar-refractivity contribution in [1.29, 1.82) is 0 Å². The molecule has 1 aliphatic heterocycles. The van der Waals surface area contributed by atoms with Gasteiger partial charge >= 0.3 is 6.09 Å². The lowest BCUT2D eigenvalue weighted by Crippen LogP contribution is -2.52. The number of methoxy groups -OCH3 is 1. The highest BCUT2D eigenvalue weighted by Gasteiger charge is 2.29. The molecule has 1 unspecified atom stereocenters. The lowest BCUT2D eigenvalue weighted by atomic mass is 10.1. The van der Waals surface area contributed by atoms with Gasteiger partial charge in [-0.05, 0) is 39.0 Å². The molecule has 232 valence electrons. The second-order valence-electron chi connectivity index (χ2n) is 10.1. The third-order valence-electron chi connectivity index (χ3n) is 7.39. The number of aryl methyl sites for hydroxylation is 1. The second-order valence-corrected chi connectivity index (χ2v) is 10.1. The lowest BCUT2D eigenvalue weighted by Gasteiger charge is -2.35. The molecule has 0 aliphatic carbocycles. The molecule has 1 fully saturated rings. The topological polar surface area (TPSA) is 136 Å². The SMILES string of the molecule is CCOC(=O)N1CCN(C(=O)C(C)n2cc(NC(=O)c3cnn4c(C(F)F)cc(-c5ccccc5OC)nc34)c(C)n2)CC1. The quantitative estimate of drug-likeness (QED) is 0.317. The molecule has 3 amide bonds. The van der Waals surface area contributed by atoms with Crippen molar-refractivity contribution >= 4 is 29.2 Å². The summed E-state index contributed by atoms with van der Waals surface area (Å²) in [6.07, 6.45) is -0.581. The van der Waals surface area contributed by atoms with Crippen LogP contribution in [0.1, 0.15) is 48.1 Å². The number of carbonyl (C=O) groups excluding carboxylic acids is 3.